The SMILES string of the molecule is Cc1cc(F)c(C(=O)N2CCC(O)(CNC(=O)c3conc3C)CC2)cc1F. The van der Waals surface area contributed by atoms with Gasteiger partial charge in [-0.1, -0.05) is 5.16 Å². The van der Waals surface area contributed by atoms with E-state index in [4.69, 9.17) is 4.52 Å². The highest BCUT2D eigenvalue weighted by Gasteiger charge is 2.35. The van der Waals surface area contributed by atoms with Gasteiger partial charge in [-0.25, -0.2) is 8.78 Å². The van der Waals surface area contributed by atoms with E-state index in [0.29, 0.717) is 5.69 Å². The molecule has 2 aromatic rings. The standard InChI is InChI=1S/C19H21F2N3O4/c1-11-7-16(21)13(8-15(11)20)18(26)24-5-3-19(27,4-6-24)10-22-17(25)14-9-28-23-12(14)2/h7-9,27H,3-6,10H2,1-2H3,(H,22,25). The number of hydrogen-bond acceptors (Lipinski definition) is 5. The summed E-state index contributed by atoms with van der Waals surface area (Å²) in [5.41, 5.74) is -0.676. The molecule has 0 spiro atoms. The zero-order chi connectivity index (χ0) is 20.5. The maximum atomic E-state index is 14.0. The molecule has 2 heterocycles. The van der Waals surface area contributed by atoms with Crippen LogP contribution in [0.3, 0.4) is 0 Å². The molecule has 0 aliphatic carbocycles. The number of aromatic nitrogens is 1. The summed E-state index contributed by atoms with van der Waals surface area (Å²) in [6.07, 6.45) is 1.61. The van der Waals surface area contributed by atoms with E-state index in [2.05, 4.69) is 10.5 Å². The van der Waals surface area contributed by atoms with Crippen LogP contribution in [0.4, 0.5) is 8.78 Å². The topological polar surface area (TPSA) is 95.7 Å². The maximum Gasteiger partial charge on any atom is 0.256 e. The third kappa shape index (κ3) is 4.04. The number of amides is 2. The smallest absolute Gasteiger partial charge is 0.256 e. The first-order valence-corrected chi connectivity index (χ1v) is 8.87. The molecule has 3 rings (SSSR count). The molecule has 7 nitrogen and oxygen atoms in total. The molecule has 28 heavy (non-hydrogen) atoms. The van der Waals surface area contributed by atoms with Gasteiger partial charge in [-0.2, -0.15) is 0 Å². The largest absolute Gasteiger partial charge is 0.388 e. The Morgan fingerprint density at radius 2 is 1.89 bits per heavy atom. The van der Waals surface area contributed by atoms with Crippen molar-refractivity contribution in [1.29, 1.82) is 0 Å². The lowest BCUT2D eigenvalue weighted by Gasteiger charge is -2.38. The molecule has 2 N–H and O–H groups in total. The lowest BCUT2D eigenvalue weighted by atomic mass is 9.90. The van der Waals surface area contributed by atoms with Crippen LogP contribution in [0, 0.1) is 25.5 Å². The summed E-state index contributed by atoms with van der Waals surface area (Å²) in [5, 5.41) is 16.9. The Morgan fingerprint density at radius 1 is 1.21 bits per heavy atom. The lowest BCUT2D eigenvalue weighted by Crippen LogP contribution is -2.52. The maximum absolute atomic E-state index is 14.0. The minimum absolute atomic E-state index is 0.00793. The van der Waals surface area contributed by atoms with E-state index in [9.17, 15) is 23.5 Å². The number of hydrogen-bond donors (Lipinski definition) is 2. The Hall–Kier alpha value is -2.81. The molecule has 150 valence electrons. The molecular weight excluding hydrogens is 372 g/mol. The summed E-state index contributed by atoms with van der Waals surface area (Å²) in [5.74, 6) is -2.46. The monoisotopic (exact) mass is 393 g/mol. The molecule has 1 aliphatic heterocycles. The van der Waals surface area contributed by atoms with Crippen molar-refractivity contribution in [2.24, 2.45) is 0 Å². The average Bonchev–Trinajstić information content (AvgIpc) is 3.09. The van der Waals surface area contributed by atoms with E-state index in [1.54, 1.807) is 6.92 Å². The third-order valence-corrected chi connectivity index (χ3v) is 5.03. The highest BCUT2D eigenvalue weighted by Crippen LogP contribution is 2.24. The fourth-order valence-corrected chi connectivity index (χ4v) is 3.13. The van der Waals surface area contributed by atoms with Crippen molar-refractivity contribution in [1.82, 2.24) is 15.4 Å². The molecule has 0 atom stereocenters. The predicted molar refractivity (Wildman–Crippen MR) is 94.8 cm³/mol. The summed E-state index contributed by atoms with van der Waals surface area (Å²) in [6, 6.07) is 1.89. The number of carbonyl (C=O) groups is 2. The fourth-order valence-electron chi connectivity index (χ4n) is 3.13. The molecule has 0 radical (unpaired) electrons. The number of rotatable bonds is 4. The molecular formula is C19H21F2N3O4. The first kappa shape index (κ1) is 19.9. The molecule has 1 aliphatic rings. The number of halogens is 2. The molecule has 1 aromatic heterocycles. The third-order valence-electron chi connectivity index (χ3n) is 5.03. The van der Waals surface area contributed by atoms with Crippen LogP contribution < -0.4 is 5.32 Å². The highest BCUT2D eigenvalue weighted by atomic mass is 19.1. The Labute approximate surface area is 160 Å². The van der Waals surface area contributed by atoms with Crippen LogP contribution >= 0.6 is 0 Å². The van der Waals surface area contributed by atoms with Gasteiger partial charge in [0.1, 0.15) is 23.5 Å². The van der Waals surface area contributed by atoms with Crippen LogP contribution in [0.1, 0.15) is 44.8 Å². The van der Waals surface area contributed by atoms with Gasteiger partial charge in [0.05, 0.1) is 16.9 Å². The first-order chi connectivity index (χ1) is 13.2. The summed E-state index contributed by atoms with van der Waals surface area (Å²) in [4.78, 5) is 26.0. The second kappa shape index (κ2) is 7.67. The van der Waals surface area contributed by atoms with Crippen LogP contribution in [-0.4, -0.2) is 52.2 Å². The number of aliphatic hydroxyl groups is 1. The van der Waals surface area contributed by atoms with Crippen molar-refractivity contribution in [3.8, 4) is 0 Å². The van der Waals surface area contributed by atoms with Gasteiger partial charge in [0.2, 0.25) is 0 Å². The summed E-state index contributed by atoms with van der Waals surface area (Å²) >= 11 is 0. The molecule has 1 saturated heterocycles. The minimum atomic E-state index is -1.20. The molecule has 0 saturated carbocycles. The molecule has 0 bridgehead atoms. The second-order valence-corrected chi connectivity index (χ2v) is 7.09. The summed E-state index contributed by atoms with van der Waals surface area (Å²) in [6.45, 7) is 3.36. The first-order valence-electron chi connectivity index (χ1n) is 8.87. The van der Waals surface area contributed by atoms with Gasteiger partial charge >= 0.3 is 0 Å². The number of likely N-dealkylation sites (tertiary alicyclic amines) is 1. The van der Waals surface area contributed by atoms with Crippen molar-refractivity contribution in [3.05, 3.63) is 52.4 Å². The number of nitrogens with one attached hydrogen (secondary N) is 1. The van der Waals surface area contributed by atoms with E-state index in [0.717, 1.165) is 12.1 Å². The van der Waals surface area contributed by atoms with Crippen LogP contribution in [0.2, 0.25) is 0 Å². The summed E-state index contributed by atoms with van der Waals surface area (Å²) < 4.78 is 32.5. The van der Waals surface area contributed by atoms with Crippen molar-refractivity contribution in [2.75, 3.05) is 19.6 Å². The van der Waals surface area contributed by atoms with Crippen molar-refractivity contribution in [2.45, 2.75) is 32.3 Å². The Balaban J connectivity index is 1.59. The van der Waals surface area contributed by atoms with E-state index < -0.39 is 29.0 Å². The van der Waals surface area contributed by atoms with Crippen LogP contribution in [0.5, 0.6) is 0 Å². The van der Waals surface area contributed by atoms with Gasteiger partial charge < -0.3 is 19.8 Å². The van der Waals surface area contributed by atoms with Gasteiger partial charge in [-0.05, 0) is 44.4 Å². The predicted octanol–water partition coefficient (Wildman–Crippen LogP) is 1.97. The quantitative estimate of drug-likeness (QED) is 0.828. The van der Waals surface area contributed by atoms with Crippen LogP contribution in [0.25, 0.3) is 0 Å². The Morgan fingerprint density at radius 3 is 2.50 bits per heavy atom. The molecule has 2 amide bonds. The fraction of sp³-hybridized carbons (Fsp3) is 0.421. The number of aryl methyl sites for hydroxylation is 2. The molecule has 1 fully saturated rings. The summed E-state index contributed by atoms with van der Waals surface area (Å²) in [7, 11) is 0. The lowest BCUT2D eigenvalue weighted by molar-refractivity contribution is -0.0150. The van der Waals surface area contributed by atoms with E-state index >= 15 is 0 Å². The number of piperidine rings is 1. The number of carbonyl (C=O) groups excluding carboxylic acids is 2. The zero-order valence-corrected chi connectivity index (χ0v) is 15.6. The molecule has 0 unspecified atom stereocenters. The normalized spacial score (nSPS) is 16.1. The van der Waals surface area contributed by atoms with Crippen molar-refractivity contribution < 1.29 is 28.0 Å². The van der Waals surface area contributed by atoms with E-state index in [1.807, 2.05) is 0 Å². The number of benzene rings is 1. The highest BCUT2D eigenvalue weighted by molar-refractivity contribution is 5.95. The van der Waals surface area contributed by atoms with E-state index in [1.165, 1.54) is 18.1 Å². The van der Waals surface area contributed by atoms with E-state index in [-0.39, 0.29) is 49.2 Å². The molecule has 9 heteroatoms. The Kier molecular flexibility index (Phi) is 5.46. The van der Waals surface area contributed by atoms with Crippen molar-refractivity contribution in [3.63, 3.8) is 0 Å². The second-order valence-electron chi connectivity index (χ2n) is 7.09. The van der Waals surface area contributed by atoms with Gasteiger partial charge in [0, 0.05) is 19.6 Å². The van der Waals surface area contributed by atoms with Crippen LogP contribution in [0.15, 0.2) is 22.9 Å². The van der Waals surface area contributed by atoms with Crippen molar-refractivity contribution >= 4 is 11.8 Å². The molecule has 1 aromatic carbocycles. The Bertz CT molecular complexity index is 905. The van der Waals surface area contributed by atoms with Gasteiger partial charge in [0.15, 0.2) is 0 Å². The van der Waals surface area contributed by atoms with Crippen LogP contribution in [-0.2, 0) is 0 Å². The number of nitrogens with zero attached hydrogens (tertiary/aromatic N) is 2. The van der Waals surface area contributed by atoms with Gasteiger partial charge in [0.25, 0.3) is 11.8 Å². The average molecular weight is 393 g/mol. The van der Waals surface area contributed by atoms with Gasteiger partial charge in [-0.3, -0.25) is 9.59 Å². The minimum Gasteiger partial charge on any atom is -0.388 e. The zero-order valence-electron chi connectivity index (χ0n) is 15.6. The van der Waals surface area contributed by atoms with Gasteiger partial charge in [-0.15, -0.1) is 0 Å².